The van der Waals surface area contributed by atoms with Gasteiger partial charge in [0.15, 0.2) is 6.29 Å². The largest absolute Gasteiger partial charge is 0.475 e. The van der Waals surface area contributed by atoms with Crippen molar-refractivity contribution in [2.75, 3.05) is 19.0 Å². The maximum atomic E-state index is 10.8. The Balaban J connectivity index is 3.04. The van der Waals surface area contributed by atoms with E-state index in [-0.39, 0.29) is 6.10 Å². The highest BCUT2D eigenvalue weighted by Gasteiger charge is 2.08. The van der Waals surface area contributed by atoms with Crippen LogP contribution in [0.4, 0.5) is 5.82 Å². The third-order valence-electron chi connectivity index (χ3n) is 1.79. The van der Waals surface area contributed by atoms with E-state index in [0.29, 0.717) is 17.3 Å². The fourth-order valence-corrected chi connectivity index (χ4v) is 1.20. The lowest BCUT2D eigenvalue weighted by molar-refractivity contribution is 0.112. The van der Waals surface area contributed by atoms with Crippen LogP contribution in [0, 0.1) is 0 Å². The Hall–Kier alpha value is -1.58. The summed E-state index contributed by atoms with van der Waals surface area (Å²) in [6.07, 6.45) is 0.871. The summed E-state index contributed by atoms with van der Waals surface area (Å²) >= 11 is 0. The summed E-state index contributed by atoms with van der Waals surface area (Å²) in [5.74, 6) is 1.17. The molecule has 0 spiro atoms. The SMILES string of the molecule is CC(C)Oc1ccc(C=O)c(N(C)C)n1. The Morgan fingerprint density at radius 3 is 2.53 bits per heavy atom. The van der Waals surface area contributed by atoms with Crippen LogP contribution in [0.25, 0.3) is 0 Å². The van der Waals surface area contributed by atoms with E-state index in [1.807, 2.05) is 27.9 Å². The second kappa shape index (κ2) is 4.77. The van der Waals surface area contributed by atoms with Crippen LogP contribution in [0.15, 0.2) is 12.1 Å². The molecule has 0 amide bonds. The van der Waals surface area contributed by atoms with Gasteiger partial charge in [0.1, 0.15) is 5.82 Å². The van der Waals surface area contributed by atoms with Gasteiger partial charge in [0, 0.05) is 20.2 Å². The summed E-state index contributed by atoms with van der Waals surface area (Å²) in [6.45, 7) is 3.87. The number of pyridine rings is 1. The van der Waals surface area contributed by atoms with Crippen LogP contribution in [0.2, 0.25) is 0 Å². The van der Waals surface area contributed by atoms with Gasteiger partial charge in [-0.05, 0) is 19.9 Å². The van der Waals surface area contributed by atoms with Gasteiger partial charge in [0.2, 0.25) is 5.88 Å². The zero-order chi connectivity index (χ0) is 11.4. The predicted octanol–water partition coefficient (Wildman–Crippen LogP) is 1.75. The molecule has 0 aromatic carbocycles. The van der Waals surface area contributed by atoms with E-state index < -0.39 is 0 Å². The van der Waals surface area contributed by atoms with Crippen LogP contribution in [0.3, 0.4) is 0 Å². The first-order chi connectivity index (χ1) is 7.04. The molecule has 4 nitrogen and oxygen atoms in total. The minimum atomic E-state index is 0.0783. The summed E-state index contributed by atoms with van der Waals surface area (Å²) in [5, 5.41) is 0. The minimum absolute atomic E-state index is 0.0783. The molecule has 0 fully saturated rings. The van der Waals surface area contributed by atoms with Gasteiger partial charge in [0.05, 0.1) is 11.7 Å². The molecule has 0 aliphatic carbocycles. The lowest BCUT2D eigenvalue weighted by Crippen LogP contribution is -2.15. The van der Waals surface area contributed by atoms with Crippen molar-refractivity contribution in [1.29, 1.82) is 0 Å². The molecule has 1 aromatic rings. The van der Waals surface area contributed by atoms with Crippen LogP contribution >= 0.6 is 0 Å². The number of anilines is 1. The quantitative estimate of drug-likeness (QED) is 0.707. The van der Waals surface area contributed by atoms with Crippen LogP contribution in [0.5, 0.6) is 5.88 Å². The molecule has 15 heavy (non-hydrogen) atoms. The molecule has 0 bridgehead atoms. The van der Waals surface area contributed by atoms with E-state index in [1.165, 1.54) is 0 Å². The van der Waals surface area contributed by atoms with Crippen molar-refractivity contribution in [3.05, 3.63) is 17.7 Å². The van der Waals surface area contributed by atoms with Crippen molar-refractivity contribution in [3.8, 4) is 5.88 Å². The first kappa shape index (κ1) is 11.5. The highest BCUT2D eigenvalue weighted by molar-refractivity contribution is 5.82. The zero-order valence-corrected chi connectivity index (χ0v) is 9.52. The standard InChI is InChI=1S/C11H16N2O2/c1-8(2)15-10-6-5-9(7-14)11(12-10)13(3)4/h5-8H,1-4H3. The predicted molar refractivity (Wildman–Crippen MR) is 59.7 cm³/mol. The van der Waals surface area contributed by atoms with Gasteiger partial charge in [-0.1, -0.05) is 0 Å². The van der Waals surface area contributed by atoms with Gasteiger partial charge in [-0.15, -0.1) is 0 Å². The van der Waals surface area contributed by atoms with E-state index in [9.17, 15) is 4.79 Å². The van der Waals surface area contributed by atoms with Crippen LogP contribution in [-0.2, 0) is 0 Å². The molecule has 1 aromatic heterocycles. The fraction of sp³-hybridized carbons (Fsp3) is 0.455. The first-order valence-corrected chi connectivity index (χ1v) is 4.84. The van der Waals surface area contributed by atoms with Crippen molar-refractivity contribution in [1.82, 2.24) is 4.98 Å². The van der Waals surface area contributed by atoms with E-state index >= 15 is 0 Å². The lowest BCUT2D eigenvalue weighted by atomic mass is 10.2. The van der Waals surface area contributed by atoms with Gasteiger partial charge >= 0.3 is 0 Å². The maximum Gasteiger partial charge on any atom is 0.215 e. The summed E-state index contributed by atoms with van der Waals surface area (Å²) in [7, 11) is 3.68. The highest BCUT2D eigenvalue weighted by Crippen LogP contribution is 2.19. The molecule has 1 heterocycles. The van der Waals surface area contributed by atoms with Gasteiger partial charge in [0.25, 0.3) is 0 Å². The highest BCUT2D eigenvalue weighted by atomic mass is 16.5. The first-order valence-electron chi connectivity index (χ1n) is 4.84. The van der Waals surface area contributed by atoms with Gasteiger partial charge < -0.3 is 9.64 Å². The third kappa shape index (κ3) is 2.94. The van der Waals surface area contributed by atoms with Crippen molar-refractivity contribution in [2.45, 2.75) is 20.0 Å². The van der Waals surface area contributed by atoms with Crippen molar-refractivity contribution in [2.24, 2.45) is 0 Å². The van der Waals surface area contributed by atoms with Crippen molar-refractivity contribution < 1.29 is 9.53 Å². The molecule has 0 N–H and O–H groups in total. The minimum Gasteiger partial charge on any atom is -0.475 e. The number of nitrogens with zero attached hydrogens (tertiary/aromatic N) is 2. The number of carbonyl (C=O) groups excluding carboxylic acids is 1. The smallest absolute Gasteiger partial charge is 0.215 e. The number of ether oxygens (including phenoxy) is 1. The molecule has 0 radical (unpaired) electrons. The van der Waals surface area contributed by atoms with E-state index in [1.54, 1.807) is 17.0 Å². The number of rotatable bonds is 4. The molecule has 82 valence electrons. The summed E-state index contributed by atoms with van der Waals surface area (Å²) in [4.78, 5) is 16.8. The van der Waals surface area contributed by atoms with Gasteiger partial charge in [-0.25, -0.2) is 0 Å². The Morgan fingerprint density at radius 1 is 1.40 bits per heavy atom. The van der Waals surface area contributed by atoms with Crippen LogP contribution in [0.1, 0.15) is 24.2 Å². The Labute approximate surface area is 89.9 Å². The molecular formula is C11H16N2O2. The molecule has 0 aliphatic heterocycles. The molecule has 0 atom stereocenters. The molecule has 0 aliphatic rings. The second-order valence-electron chi connectivity index (χ2n) is 3.74. The number of hydrogen-bond acceptors (Lipinski definition) is 4. The van der Waals surface area contributed by atoms with Crippen molar-refractivity contribution in [3.63, 3.8) is 0 Å². The lowest BCUT2D eigenvalue weighted by Gasteiger charge is -2.16. The van der Waals surface area contributed by atoms with Crippen LogP contribution in [-0.4, -0.2) is 31.5 Å². The van der Waals surface area contributed by atoms with Gasteiger partial charge in [-0.3, -0.25) is 4.79 Å². The topological polar surface area (TPSA) is 42.4 Å². The molecule has 0 unspecified atom stereocenters. The summed E-state index contributed by atoms with van der Waals surface area (Å²) in [6, 6.07) is 3.42. The Morgan fingerprint density at radius 2 is 2.07 bits per heavy atom. The average molecular weight is 208 g/mol. The van der Waals surface area contributed by atoms with E-state index in [0.717, 1.165) is 6.29 Å². The molecular weight excluding hydrogens is 192 g/mol. The Kier molecular flexibility index (Phi) is 3.66. The number of aromatic nitrogens is 1. The summed E-state index contributed by atoms with van der Waals surface area (Å²) in [5.41, 5.74) is 0.566. The van der Waals surface area contributed by atoms with E-state index in [2.05, 4.69) is 4.98 Å². The third-order valence-corrected chi connectivity index (χ3v) is 1.79. The summed E-state index contributed by atoms with van der Waals surface area (Å²) < 4.78 is 5.45. The van der Waals surface area contributed by atoms with E-state index in [4.69, 9.17) is 4.74 Å². The van der Waals surface area contributed by atoms with Gasteiger partial charge in [-0.2, -0.15) is 4.98 Å². The molecule has 0 saturated heterocycles. The molecule has 0 saturated carbocycles. The number of hydrogen-bond donors (Lipinski definition) is 0. The van der Waals surface area contributed by atoms with Crippen LogP contribution < -0.4 is 9.64 Å². The number of aldehydes is 1. The second-order valence-corrected chi connectivity index (χ2v) is 3.74. The molecule has 4 heteroatoms. The monoisotopic (exact) mass is 208 g/mol. The van der Waals surface area contributed by atoms with Crippen molar-refractivity contribution >= 4 is 12.1 Å². The normalized spacial score (nSPS) is 10.2. The molecule has 1 rings (SSSR count). The fourth-order valence-electron chi connectivity index (χ4n) is 1.20. The average Bonchev–Trinajstić information content (AvgIpc) is 2.16. The Bertz CT molecular complexity index is 348. The zero-order valence-electron chi connectivity index (χ0n) is 9.52. The number of carbonyl (C=O) groups is 1. The maximum absolute atomic E-state index is 10.8.